The summed E-state index contributed by atoms with van der Waals surface area (Å²) in [7, 11) is -1.36. The van der Waals surface area contributed by atoms with Crippen molar-refractivity contribution >= 4 is 8.07 Å². The van der Waals surface area contributed by atoms with E-state index >= 15 is 0 Å². The van der Waals surface area contributed by atoms with Gasteiger partial charge in [0.15, 0.2) is 0 Å². The van der Waals surface area contributed by atoms with Gasteiger partial charge in [0, 0.05) is 12.1 Å². The van der Waals surface area contributed by atoms with E-state index in [4.69, 9.17) is 0 Å². The van der Waals surface area contributed by atoms with Crippen molar-refractivity contribution in [1.82, 2.24) is 0 Å². The van der Waals surface area contributed by atoms with Gasteiger partial charge in [0.05, 0.1) is 8.07 Å². The van der Waals surface area contributed by atoms with Crippen LogP contribution in [0.5, 0.6) is 0 Å². The summed E-state index contributed by atoms with van der Waals surface area (Å²) >= 11 is 0. The second-order valence-corrected chi connectivity index (χ2v) is 11.3. The zero-order valence-electron chi connectivity index (χ0n) is 11.4. The summed E-state index contributed by atoms with van der Waals surface area (Å²) in [6.07, 6.45) is 0. The molecule has 90 valence electrons. The summed E-state index contributed by atoms with van der Waals surface area (Å²) < 4.78 is 0. The molecule has 16 heavy (non-hydrogen) atoms. The molecule has 0 spiro atoms. The summed E-state index contributed by atoms with van der Waals surface area (Å²) in [6, 6.07) is 4.45. The van der Waals surface area contributed by atoms with Crippen LogP contribution in [0.15, 0.2) is 12.1 Å². The number of hydrogen-bond acceptors (Lipinski definition) is 1. The summed E-state index contributed by atoms with van der Waals surface area (Å²) in [5.74, 6) is 0. The van der Waals surface area contributed by atoms with E-state index in [2.05, 4.69) is 52.5 Å². The maximum Gasteiger partial charge on any atom is 0.0551 e. The Morgan fingerprint density at radius 3 is 1.81 bits per heavy atom. The van der Waals surface area contributed by atoms with Gasteiger partial charge < -0.3 is 5.11 Å². The van der Waals surface area contributed by atoms with Crippen LogP contribution in [0.1, 0.15) is 27.8 Å². The van der Waals surface area contributed by atoms with E-state index in [9.17, 15) is 5.11 Å². The number of aliphatic hydroxyl groups is 1. The topological polar surface area (TPSA) is 20.2 Å². The summed E-state index contributed by atoms with van der Waals surface area (Å²) in [6.45, 7) is 13.7. The molecule has 0 saturated heterocycles. The van der Waals surface area contributed by atoms with E-state index in [1.807, 2.05) is 0 Å². The average Bonchev–Trinajstić information content (AvgIpc) is 2.08. The van der Waals surface area contributed by atoms with Crippen LogP contribution < -0.4 is 0 Å². The molecular formula is C14H24OSi. The first-order chi connectivity index (χ1) is 7.27. The first-order valence-electron chi connectivity index (χ1n) is 5.96. The van der Waals surface area contributed by atoms with E-state index in [-0.39, 0.29) is 6.61 Å². The lowest BCUT2D eigenvalue weighted by atomic mass is 9.97. The van der Waals surface area contributed by atoms with Gasteiger partial charge in [-0.3, -0.25) is 0 Å². The normalized spacial score (nSPS) is 13.9. The van der Waals surface area contributed by atoms with Gasteiger partial charge in [0.25, 0.3) is 0 Å². The Morgan fingerprint density at radius 1 is 1.06 bits per heavy atom. The highest BCUT2D eigenvalue weighted by Crippen LogP contribution is 2.32. The minimum Gasteiger partial charge on any atom is -0.396 e. The van der Waals surface area contributed by atoms with E-state index < -0.39 is 8.07 Å². The Morgan fingerprint density at radius 2 is 1.50 bits per heavy atom. The maximum absolute atomic E-state index is 9.67. The molecule has 1 atom stereocenters. The van der Waals surface area contributed by atoms with Crippen molar-refractivity contribution in [3.63, 3.8) is 0 Å². The summed E-state index contributed by atoms with van der Waals surface area (Å²) in [5, 5.41) is 9.67. The third kappa shape index (κ3) is 2.74. The lowest BCUT2D eigenvalue weighted by molar-refractivity contribution is 0.290. The van der Waals surface area contributed by atoms with Crippen LogP contribution in [0, 0.1) is 20.8 Å². The fourth-order valence-electron chi connectivity index (χ4n) is 2.54. The predicted molar refractivity (Wildman–Crippen MR) is 73.8 cm³/mol. The zero-order valence-corrected chi connectivity index (χ0v) is 12.4. The molecule has 1 aromatic rings. The van der Waals surface area contributed by atoms with Crippen molar-refractivity contribution < 1.29 is 5.11 Å². The van der Waals surface area contributed by atoms with E-state index in [0.29, 0.717) is 5.54 Å². The molecule has 1 nitrogen and oxygen atoms in total. The molecule has 0 aromatic heterocycles. The minimum atomic E-state index is -1.36. The third-order valence-electron chi connectivity index (χ3n) is 3.31. The smallest absolute Gasteiger partial charge is 0.0551 e. The molecule has 1 rings (SSSR count). The molecule has 0 aliphatic carbocycles. The van der Waals surface area contributed by atoms with E-state index in [0.717, 1.165) is 0 Å². The van der Waals surface area contributed by atoms with Gasteiger partial charge in [-0.05, 0) is 37.5 Å². The number of aliphatic hydroxyl groups excluding tert-OH is 1. The van der Waals surface area contributed by atoms with Gasteiger partial charge in [0.1, 0.15) is 0 Å². The largest absolute Gasteiger partial charge is 0.396 e. The van der Waals surface area contributed by atoms with E-state index in [1.54, 1.807) is 0 Å². The summed E-state index contributed by atoms with van der Waals surface area (Å²) in [5.41, 5.74) is 5.71. The first-order valence-corrected chi connectivity index (χ1v) is 9.53. The Hall–Kier alpha value is -0.603. The highest BCUT2D eigenvalue weighted by molar-refractivity contribution is 6.77. The van der Waals surface area contributed by atoms with Crippen LogP contribution >= 0.6 is 0 Å². The molecule has 0 radical (unpaired) electrons. The molecule has 0 heterocycles. The van der Waals surface area contributed by atoms with Crippen LogP contribution in [0.2, 0.25) is 19.6 Å². The van der Waals surface area contributed by atoms with E-state index in [1.165, 1.54) is 22.3 Å². The molecule has 0 saturated carbocycles. The van der Waals surface area contributed by atoms with Crippen molar-refractivity contribution in [1.29, 1.82) is 0 Å². The Bertz CT molecular complexity index is 354. The number of hydrogen-bond donors (Lipinski definition) is 1. The van der Waals surface area contributed by atoms with Crippen LogP contribution in [0.3, 0.4) is 0 Å². The predicted octanol–water partition coefficient (Wildman–Crippen LogP) is 3.57. The fourth-order valence-corrected chi connectivity index (χ4v) is 4.41. The number of benzene rings is 1. The monoisotopic (exact) mass is 236 g/mol. The Labute approximate surface area is 101 Å². The molecule has 0 fully saturated rings. The minimum absolute atomic E-state index is 0.278. The second-order valence-electron chi connectivity index (χ2n) is 5.91. The highest BCUT2D eigenvalue weighted by atomic mass is 28.3. The van der Waals surface area contributed by atoms with Crippen molar-refractivity contribution in [2.75, 3.05) is 6.61 Å². The number of aryl methyl sites for hydroxylation is 3. The first kappa shape index (κ1) is 13.5. The van der Waals surface area contributed by atoms with Crippen LogP contribution in [-0.2, 0) is 0 Å². The Balaban J connectivity index is 3.31. The fraction of sp³-hybridized carbons (Fsp3) is 0.571. The molecule has 0 aliphatic heterocycles. The van der Waals surface area contributed by atoms with Gasteiger partial charge in [0.2, 0.25) is 0 Å². The van der Waals surface area contributed by atoms with Gasteiger partial charge >= 0.3 is 0 Å². The molecule has 0 amide bonds. The molecule has 1 aromatic carbocycles. The van der Waals surface area contributed by atoms with Gasteiger partial charge in [-0.25, -0.2) is 0 Å². The SMILES string of the molecule is Cc1cc(C)c(C(CO)[Si](C)(C)C)c(C)c1. The van der Waals surface area contributed by atoms with Crippen LogP contribution in [0.4, 0.5) is 0 Å². The third-order valence-corrected chi connectivity index (χ3v) is 5.88. The summed E-state index contributed by atoms with van der Waals surface area (Å²) in [4.78, 5) is 0. The van der Waals surface area contributed by atoms with Gasteiger partial charge in [-0.15, -0.1) is 0 Å². The second kappa shape index (κ2) is 4.72. The molecule has 1 N–H and O–H groups in total. The van der Waals surface area contributed by atoms with Crippen molar-refractivity contribution in [3.8, 4) is 0 Å². The van der Waals surface area contributed by atoms with Gasteiger partial charge in [-0.2, -0.15) is 0 Å². The van der Waals surface area contributed by atoms with Crippen molar-refractivity contribution in [3.05, 3.63) is 34.4 Å². The van der Waals surface area contributed by atoms with Gasteiger partial charge in [-0.1, -0.05) is 37.3 Å². The molecule has 0 aliphatic rings. The molecule has 0 bridgehead atoms. The number of rotatable bonds is 3. The van der Waals surface area contributed by atoms with Crippen molar-refractivity contribution in [2.24, 2.45) is 0 Å². The zero-order chi connectivity index (χ0) is 12.5. The Kier molecular flexibility index (Phi) is 3.97. The lowest BCUT2D eigenvalue weighted by Crippen LogP contribution is -2.34. The maximum atomic E-state index is 9.67. The molecule has 2 heteroatoms. The van der Waals surface area contributed by atoms with Crippen LogP contribution in [0.25, 0.3) is 0 Å². The quantitative estimate of drug-likeness (QED) is 0.796. The standard InChI is InChI=1S/C14H24OSi/c1-10-7-11(2)14(12(3)8-10)13(9-15)16(4,5)6/h7-8,13,15H,9H2,1-6H3. The highest BCUT2D eigenvalue weighted by Gasteiger charge is 2.29. The van der Waals surface area contributed by atoms with Crippen LogP contribution in [-0.4, -0.2) is 19.8 Å². The van der Waals surface area contributed by atoms with Crippen molar-refractivity contribution in [2.45, 2.75) is 46.0 Å². The molecular weight excluding hydrogens is 212 g/mol. The molecule has 1 unspecified atom stereocenters. The average molecular weight is 236 g/mol. The lowest BCUT2D eigenvalue weighted by Gasteiger charge is -2.30.